The van der Waals surface area contributed by atoms with E-state index in [9.17, 15) is 4.79 Å². The second kappa shape index (κ2) is 7.21. The Morgan fingerprint density at radius 1 is 1.55 bits per heavy atom. The fourth-order valence-corrected chi connectivity index (χ4v) is 2.54. The Kier molecular flexibility index (Phi) is 5.31. The van der Waals surface area contributed by atoms with Gasteiger partial charge in [0.15, 0.2) is 0 Å². The van der Waals surface area contributed by atoms with E-state index >= 15 is 0 Å². The predicted octanol–water partition coefficient (Wildman–Crippen LogP) is 1.28. The molecular formula is C14H22N4O2. The number of rotatable bonds is 5. The quantitative estimate of drug-likeness (QED) is 0.480. The van der Waals surface area contributed by atoms with Gasteiger partial charge in [-0.15, -0.1) is 0 Å². The number of pyridine rings is 1. The second-order valence-electron chi connectivity index (χ2n) is 4.89. The highest BCUT2D eigenvalue weighted by Gasteiger charge is 2.29. The lowest BCUT2D eigenvalue weighted by molar-refractivity contribution is -0.151. The highest BCUT2D eigenvalue weighted by Crippen LogP contribution is 2.20. The van der Waals surface area contributed by atoms with Gasteiger partial charge in [0.25, 0.3) is 0 Å². The van der Waals surface area contributed by atoms with Gasteiger partial charge in [-0.1, -0.05) is 12.5 Å². The standard InChI is InChI=1S/C14H22N4O2/c1-2-20-14(19)12-7-3-4-9-18(12)10-11-6-5-8-13(16-11)17-15/h5-6,8,12H,2-4,7,9-10,15H2,1H3,(H,16,17). The number of nitrogens with zero attached hydrogens (tertiary/aromatic N) is 2. The highest BCUT2D eigenvalue weighted by atomic mass is 16.5. The number of hydrogen-bond acceptors (Lipinski definition) is 6. The Labute approximate surface area is 119 Å². The lowest BCUT2D eigenvalue weighted by atomic mass is 10.0. The molecule has 0 aliphatic carbocycles. The number of nitrogens with one attached hydrogen (secondary N) is 1. The SMILES string of the molecule is CCOC(=O)C1CCCCN1Cc1cccc(NN)n1. The first-order chi connectivity index (χ1) is 9.74. The molecule has 1 unspecified atom stereocenters. The van der Waals surface area contributed by atoms with E-state index in [4.69, 9.17) is 10.6 Å². The molecule has 2 heterocycles. The average Bonchev–Trinajstić information content (AvgIpc) is 2.48. The van der Waals surface area contributed by atoms with Crippen molar-refractivity contribution in [1.82, 2.24) is 9.88 Å². The van der Waals surface area contributed by atoms with Gasteiger partial charge >= 0.3 is 5.97 Å². The third-order valence-electron chi connectivity index (χ3n) is 3.49. The number of likely N-dealkylation sites (tertiary alicyclic amines) is 1. The summed E-state index contributed by atoms with van der Waals surface area (Å²) in [6.45, 7) is 3.79. The molecule has 1 atom stereocenters. The van der Waals surface area contributed by atoms with Crippen molar-refractivity contribution in [2.24, 2.45) is 5.84 Å². The fourth-order valence-electron chi connectivity index (χ4n) is 2.54. The number of hydrazine groups is 1. The number of hydrogen-bond donors (Lipinski definition) is 2. The van der Waals surface area contributed by atoms with Crippen molar-refractivity contribution < 1.29 is 9.53 Å². The maximum atomic E-state index is 12.0. The van der Waals surface area contributed by atoms with Gasteiger partial charge in [-0.05, 0) is 38.4 Å². The Morgan fingerprint density at radius 3 is 3.15 bits per heavy atom. The summed E-state index contributed by atoms with van der Waals surface area (Å²) in [4.78, 5) is 18.5. The number of esters is 1. The monoisotopic (exact) mass is 278 g/mol. The second-order valence-corrected chi connectivity index (χ2v) is 4.89. The molecule has 110 valence electrons. The van der Waals surface area contributed by atoms with Gasteiger partial charge in [0.2, 0.25) is 0 Å². The summed E-state index contributed by atoms with van der Waals surface area (Å²) in [5, 5.41) is 0. The molecule has 1 aromatic rings. The van der Waals surface area contributed by atoms with E-state index in [0.29, 0.717) is 19.0 Å². The minimum absolute atomic E-state index is 0.125. The normalized spacial score (nSPS) is 19.6. The largest absolute Gasteiger partial charge is 0.465 e. The van der Waals surface area contributed by atoms with Crippen LogP contribution >= 0.6 is 0 Å². The van der Waals surface area contributed by atoms with E-state index < -0.39 is 0 Å². The molecule has 0 bridgehead atoms. The number of nitrogens with two attached hydrogens (primary N) is 1. The number of ether oxygens (including phenoxy) is 1. The summed E-state index contributed by atoms with van der Waals surface area (Å²) >= 11 is 0. The van der Waals surface area contributed by atoms with E-state index in [2.05, 4.69) is 15.3 Å². The molecule has 1 fully saturated rings. The van der Waals surface area contributed by atoms with Crippen molar-refractivity contribution in [2.75, 3.05) is 18.6 Å². The van der Waals surface area contributed by atoms with Crippen molar-refractivity contribution in [3.8, 4) is 0 Å². The van der Waals surface area contributed by atoms with Crippen molar-refractivity contribution in [3.63, 3.8) is 0 Å². The lowest BCUT2D eigenvalue weighted by Gasteiger charge is -2.33. The molecule has 6 heteroatoms. The van der Waals surface area contributed by atoms with Crippen LogP contribution in [0.15, 0.2) is 18.2 Å². The third-order valence-corrected chi connectivity index (χ3v) is 3.49. The van der Waals surface area contributed by atoms with E-state index in [0.717, 1.165) is 31.5 Å². The van der Waals surface area contributed by atoms with Crippen molar-refractivity contribution in [2.45, 2.75) is 38.8 Å². The van der Waals surface area contributed by atoms with E-state index in [1.165, 1.54) is 0 Å². The van der Waals surface area contributed by atoms with Crippen LogP contribution in [0, 0.1) is 0 Å². The number of aromatic nitrogens is 1. The maximum absolute atomic E-state index is 12.0. The Hall–Kier alpha value is -1.66. The number of nitrogen functional groups attached to an aromatic ring is 1. The first kappa shape index (κ1) is 14.7. The fraction of sp³-hybridized carbons (Fsp3) is 0.571. The lowest BCUT2D eigenvalue weighted by Crippen LogP contribution is -2.45. The summed E-state index contributed by atoms with van der Waals surface area (Å²) in [7, 11) is 0. The summed E-state index contributed by atoms with van der Waals surface area (Å²) < 4.78 is 5.16. The molecule has 0 radical (unpaired) electrons. The van der Waals surface area contributed by atoms with Crippen LogP contribution in [-0.4, -0.2) is 35.0 Å². The first-order valence-corrected chi connectivity index (χ1v) is 7.08. The van der Waals surface area contributed by atoms with Crippen molar-refractivity contribution in [1.29, 1.82) is 0 Å². The molecule has 1 saturated heterocycles. The average molecular weight is 278 g/mol. The summed E-state index contributed by atoms with van der Waals surface area (Å²) in [6, 6.07) is 5.50. The summed E-state index contributed by atoms with van der Waals surface area (Å²) in [5.74, 6) is 5.87. The number of piperidine rings is 1. The molecule has 0 amide bonds. The molecule has 20 heavy (non-hydrogen) atoms. The minimum Gasteiger partial charge on any atom is -0.465 e. The Morgan fingerprint density at radius 2 is 2.40 bits per heavy atom. The van der Waals surface area contributed by atoms with Gasteiger partial charge in [-0.3, -0.25) is 9.69 Å². The molecular weight excluding hydrogens is 256 g/mol. The third kappa shape index (κ3) is 3.68. The van der Waals surface area contributed by atoms with Crippen molar-refractivity contribution >= 4 is 11.8 Å². The van der Waals surface area contributed by atoms with Gasteiger partial charge < -0.3 is 10.2 Å². The van der Waals surface area contributed by atoms with Crippen LogP contribution in [0.2, 0.25) is 0 Å². The van der Waals surface area contributed by atoms with Gasteiger partial charge in [0.05, 0.1) is 12.3 Å². The topological polar surface area (TPSA) is 80.5 Å². The van der Waals surface area contributed by atoms with Crippen LogP contribution in [-0.2, 0) is 16.1 Å². The molecule has 1 aliphatic rings. The van der Waals surface area contributed by atoms with E-state index in [-0.39, 0.29) is 12.0 Å². The predicted molar refractivity (Wildman–Crippen MR) is 76.7 cm³/mol. The molecule has 6 nitrogen and oxygen atoms in total. The van der Waals surface area contributed by atoms with Crippen LogP contribution in [0.5, 0.6) is 0 Å². The number of carbonyl (C=O) groups excluding carboxylic acids is 1. The van der Waals surface area contributed by atoms with Crippen LogP contribution < -0.4 is 11.3 Å². The highest BCUT2D eigenvalue weighted by molar-refractivity contribution is 5.75. The summed E-state index contributed by atoms with van der Waals surface area (Å²) in [5.41, 5.74) is 3.44. The first-order valence-electron chi connectivity index (χ1n) is 7.08. The van der Waals surface area contributed by atoms with Crippen LogP contribution in [0.4, 0.5) is 5.82 Å². The van der Waals surface area contributed by atoms with Crippen LogP contribution in [0.1, 0.15) is 31.9 Å². The van der Waals surface area contributed by atoms with Gasteiger partial charge in [0.1, 0.15) is 11.9 Å². The zero-order chi connectivity index (χ0) is 14.4. The molecule has 1 aromatic heterocycles. The maximum Gasteiger partial charge on any atom is 0.323 e. The molecule has 0 spiro atoms. The molecule has 2 rings (SSSR count). The number of carbonyl (C=O) groups is 1. The van der Waals surface area contributed by atoms with Crippen LogP contribution in [0.25, 0.3) is 0 Å². The smallest absolute Gasteiger partial charge is 0.323 e. The Bertz CT molecular complexity index is 453. The van der Waals surface area contributed by atoms with E-state index in [1.54, 1.807) is 0 Å². The molecule has 1 aliphatic heterocycles. The zero-order valence-corrected chi connectivity index (χ0v) is 11.8. The molecule has 0 aromatic carbocycles. The summed E-state index contributed by atoms with van der Waals surface area (Å²) in [6.07, 6.45) is 3.02. The van der Waals surface area contributed by atoms with Crippen LogP contribution in [0.3, 0.4) is 0 Å². The molecule has 3 N–H and O–H groups in total. The minimum atomic E-state index is -0.153. The molecule has 0 saturated carbocycles. The van der Waals surface area contributed by atoms with Gasteiger partial charge in [-0.2, -0.15) is 0 Å². The van der Waals surface area contributed by atoms with Gasteiger partial charge in [-0.25, -0.2) is 10.8 Å². The zero-order valence-electron chi connectivity index (χ0n) is 11.8. The number of anilines is 1. The van der Waals surface area contributed by atoms with Crippen molar-refractivity contribution in [3.05, 3.63) is 23.9 Å². The Balaban J connectivity index is 2.06. The van der Waals surface area contributed by atoms with Gasteiger partial charge in [0, 0.05) is 6.54 Å². The van der Waals surface area contributed by atoms with E-state index in [1.807, 2.05) is 25.1 Å².